The average Bonchev–Trinajstić information content (AvgIpc) is 2.57. The molecule has 0 heterocycles. The van der Waals surface area contributed by atoms with Crippen LogP contribution in [0, 0.1) is 6.92 Å². The van der Waals surface area contributed by atoms with Crippen LogP contribution in [0.25, 0.3) is 0 Å². The lowest BCUT2D eigenvalue weighted by Crippen LogP contribution is -2.45. The van der Waals surface area contributed by atoms with E-state index in [2.05, 4.69) is 5.32 Å². The molecule has 0 radical (unpaired) electrons. The van der Waals surface area contributed by atoms with E-state index < -0.39 is 22.0 Å². The van der Waals surface area contributed by atoms with Gasteiger partial charge in [0.2, 0.25) is 15.9 Å². The smallest absolute Gasteiger partial charge is 0.245 e. The highest BCUT2D eigenvalue weighted by Crippen LogP contribution is 2.25. The van der Waals surface area contributed by atoms with Crippen molar-refractivity contribution >= 4 is 33.2 Å². The fraction of sp³-hybridized carbons (Fsp3) is 0.278. The number of halogens is 1. The first-order valence-corrected chi connectivity index (χ1v) is 9.73. The molecule has 0 saturated carbocycles. The van der Waals surface area contributed by atoms with Gasteiger partial charge in [-0.15, -0.1) is 0 Å². The summed E-state index contributed by atoms with van der Waals surface area (Å²) in [4.78, 5) is 12.5. The predicted octanol–water partition coefficient (Wildman–Crippen LogP) is 3.69. The molecule has 0 aromatic heterocycles. The molecule has 0 saturated heterocycles. The van der Waals surface area contributed by atoms with Crippen LogP contribution >= 0.6 is 11.6 Å². The summed E-state index contributed by atoms with van der Waals surface area (Å²) in [7, 11) is -3.88. The zero-order chi connectivity index (χ0) is 18.6. The third-order valence-electron chi connectivity index (χ3n) is 3.87. The highest BCUT2D eigenvalue weighted by atomic mass is 35.5. The van der Waals surface area contributed by atoms with Gasteiger partial charge >= 0.3 is 0 Å². The van der Waals surface area contributed by atoms with Crippen molar-refractivity contribution in [3.8, 4) is 0 Å². The Labute approximate surface area is 153 Å². The van der Waals surface area contributed by atoms with Gasteiger partial charge in [-0.05, 0) is 38.1 Å². The SMILES string of the molecule is CCN([C@H](C)C(=O)Nc1ccc(C)cc1)S(=O)(=O)c1ccccc1Cl. The molecule has 1 amide bonds. The van der Waals surface area contributed by atoms with E-state index in [0.717, 1.165) is 9.87 Å². The maximum atomic E-state index is 12.9. The molecule has 0 unspecified atom stereocenters. The predicted molar refractivity (Wildman–Crippen MR) is 100 cm³/mol. The van der Waals surface area contributed by atoms with Gasteiger partial charge in [-0.2, -0.15) is 4.31 Å². The van der Waals surface area contributed by atoms with Gasteiger partial charge < -0.3 is 5.32 Å². The maximum absolute atomic E-state index is 12.9. The number of carbonyl (C=O) groups is 1. The number of amides is 1. The normalized spacial score (nSPS) is 12.8. The summed E-state index contributed by atoms with van der Waals surface area (Å²) in [5.74, 6) is -0.402. The number of carbonyl (C=O) groups excluding carboxylic acids is 1. The zero-order valence-electron chi connectivity index (χ0n) is 14.4. The molecule has 0 spiro atoms. The molecule has 25 heavy (non-hydrogen) atoms. The van der Waals surface area contributed by atoms with E-state index in [0.29, 0.717) is 5.69 Å². The Hall–Kier alpha value is -1.89. The molecule has 0 aliphatic carbocycles. The van der Waals surface area contributed by atoms with Crippen molar-refractivity contribution in [2.24, 2.45) is 0 Å². The molecule has 0 fully saturated rings. The molecule has 0 aliphatic heterocycles. The van der Waals surface area contributed by atoms with Crippen molar-refractivity contribution in [1.82, 2.24) is 4.31 Å². The Balaban J connectivity index is 2.25. The van der Waals surface area contributed by atoms with Gasteiger partial charge in [-0.25, -0.2) is 8.42 Å². The van der Waals surface area contributed by atoms with Crippen LogP contribution in [-0.4, -0.2) is 31.2 Å². The highest BCUT2D eigenvalue weighted by molar-refractivity contribution is 7.89. The van der Waals surface area contributed by atoms with Gasteiger partial charge in [-0.1, -0.05) is 48.4 Å². The summed E-state index contributed by atoms with van der Waals surface area (Å²) in [6, 6.07) is 12.6. The number of hydrogen-bond donors (Lipinski definition) is 1. The first-order chi connectivity index (χ1) is 11.8. The zero-order valence-corrected chi connectivity index (χ0v) is 15.9. The summed E-state index contributed by atoms with van der Waals surface area (Å²) in [5, 5.41) is 2.88. The summed E-state index contributed by atoms with van der Waals surface area (Å²) < 4.78 is 26.9. The number of likely N-dealkylation sites (N-methyl/N-ethyl adjacent to an activating group) is 1. The van der Waals surface area contributed by atoms with Gasteiger partial charge in [-0.3, -0.25) is 4.79 Å². The van der Waals surface area contributed by atoms with Crippen LogP contribution in [0.15, 0.2) is 53.4 Å². The van der Waals surface area contributed by atoms with Gasteiger partial charge in [0.15, 0.2) is 0 Å². The fourth-order valence-electron chi connectivity index (χ4n) is 2.45. The standard InChI is InChI=1S/C18H21ClN2O3S/c1-4-21(25(23,24)17-8-6-5-7-16(17)19)14(3)18(22)20-15-11-9-13(2)10-12-15/h5-12,14H,4H2,1-3H3,(H,20,22)/t14-/m1/s1. The number of benzene rings is 2. The number of hydrogen-bond acceptors (Lipinski definition) is 3. The number of aryl methyl sites for hydroxylation is 1. The minimum Gasteiger partial charge on any atom is -0.325 e. The lowest BCUT2D eigenvalue weighted by atomic mass is 10.2. The van der Waals surface area contributed by atoms with Crippen LogP contribution in [0.2, 0.25) is 5.02 Å². The molecule has 2 rings (SSSR count). The van der Waals surface area contributed by atoms with Gasteiger partial charge in [0.25, 0.3) is 0 Å². The quantitative estimate of drug-likeness (QED) is 0.831. The molecule has 0 aliphatic rings. The van der Waals surface area contributed by atoms with Gasteiger partial charge in [0.1, 0.15) is 10.9 Å². The lowest BCUT2D eigenvalue weighted by Gasteiger charge is -2.26. The molecule has 7 heteroatoms. The number of sulfonamides is 1. The lowest BCUT2D eigenvalue weighted by molar-refractivity contribution is -0.119. The van der Waals surface area contributed by atoms with Crippen LogP contribution in [0.1, 0.15) is 19.4 Å². The Morgan fingerprint density at radius 2 is 1.76 bits per heavy atom. The van der Waals surface area contributed by atoms with Crippen LogP contribution in [-0.2, 0) is 14.8 Å². The van der Waals surface area contributed by atoms with E-state index in [4.69, 9.17) is 11.6 Å². The fourth-order valence-corrected chi connectivity index (χ4v) is 4.54. The minimum atomic E-state index is -3.88. The van der Waals surface area contributed by atoms with Crippen molar-refractivity contribution in [1.29, 1.82) is 0 Å². The van der Waals surface area contributed by atoms with E-state index >= 15 is 0 Å². The van der Waals surface area contributed by atoms with Crippen molar-refractivity contribution in [3.05, 3.63) is 59.1 Å². The maximum Gasteiger partial charge on any atom is 0.245 e. The third-order valence-corrected chi connectivity index (χ3v) is 6.41. The summed E-state index contributed by atoms with van der Waals surface area (Å²) in [6.45, 7) is 5.34. The molecular weight excluding hydrogens is 360 g/mol. The summed E-state index contributed by atoms with van der Waals surface area (Å²) in [6.07, 6.45) is 0. The van der Waals surface area contributed by atoms with E-state index in [1.54, 1.807) is 38.1 Å². The number of rotatable bonds is 6. The summed E-state index contributed by atoms with van der Waals surface area (Å²) >= 11 is 6.03. The summed E-state index contributed by atoms with van der Waals surface area (Å²) in [5.41, 5.74) is 1.69. The first-order valence-electron chi connectivity index (χ1n) is 7.91. The Morgan fingerprint density at radius 1 is 1.16 bits per heavy atom. The van der Waals surface area contributed by atoms with Crippen LogP contribution in [0.3, 0.4) is 0 Å². The van der Waals surface area contributed by atoms with Crippen molar-refractivity contribution in [2.75, 3.05) is 11.9 Å². The second-order valence-electron chi connectivity index (χ2n) is 5.67. The van der Waals surface area contributed by atoms with Crippen LogP contribution in [0.4, 0.5) is 5.69 Å². The second-order valence-corrected chi connectivity index (χ2v) is 7.94. The second kappa shape index (κ2) is 7.99. The molecule has 1 N–H and O–H groups in total. The number of anilines is 1. The van der Waals surface area contributed by atoms with Crippen LogP contribution in [0.5, 0.6) is 0 Å². The monoisotopic (exact) mass is 380 g/mol. The first kappa shape index (κ1) is 19.4. The van der Waals surface area contributed by atoms with Crippen molar-refractivity contribution < 1.29 is 13.2 Å². The number of nitrogens with one attached hydrogen (secondary N) is 1. The topological polar surface area (TPSA) is 66.5 Å². The highest BCUT2D eigenvalue weighted by Gasteiger charge is 2.33. The molecule has 0 bridgehead atoms. The molecule has 1 atom stereocenters. The molecule has 5 nitrogen and oxygen atoms in total. The molecule has 2 aromatic carbocycles. The minimum absolute atomic E-state index is 0.00602. The molecule has 134 valence electrons. The largest absolute Gasteiger partial charge is 0.325 e. The van der Waals surface area contributed by atoms with E-state index in [9.17, 15) is 13.2 Å². The van der Waals surface area contributed by atoms with Crippen molar-refractivity contribution in [2.45, 2.75) is 31.7 Å². The van der Waals surface area contributed by atoms with Gasteiger partial charge in [0, 0.05) is 12.2 Å². The average molecular weight is 381 g/mol. The molecular formula is C18H21ClN2O3S. The Kier molecular flexibility index (Phi) is 6.21. The Bertz CT molecular complexity index is 851. The van der Waals surface area contributed by atoms with E-state index in [1.165, 1.54) is 12.1 Å². The third kappa shape index (κ3) is 4.39. The van der Waals surface area contributed by atoms with Crippen molar-refractivity contribution in [3.63, 3.8) is 0 Å². The number of nitrogens with zero attached hydrogens (tertiary/aromatic N) is 1. The molecule has 2 aromatic rings. The van der Waals surface area contributed by atoms with E-state index in [-0.39, 0.29) is 16.5 Å². The van der Waals surface area contributed by atoms with Gasteiger partial charge in [0.05, 0.1) is 5.02 Å². The van der Waals surface area contributed by atoms with E-state index in [1.807, 2.05) is 19.1 Å². The Morgan fingerprint density at radius 3 is 2.32 bits per heavy atom. The van der Waals surface area contributed by atoms with Crippen LogP contribution < -0.4 is 5.32 Å².